The van der Waals surface area contributed by atoms with Crippen LogP contribution in [-0.4, -0.2) is 9.13 Å². The second-order valence-corrected chi connectivity index (χ2v) is 14.9. The molecular weight excluding hydrogens is 693 g/mol. The molecule has 12 rings (SSSR count). The molecule has 12 aromatic rings. The second-order valence-electron chi connectivity index (χ2n) is 14.9. The highest BCUT2D eigenvalue weighted by atomic mass is 16.3. The van der Waals surface area contributed by atoms with E-state index in [0.29, 0.717) is 0 Å². The lowest BCUT2D eigenvalue weighted by Crippen LogP contribution is -1.94. The molecule has 57 heavy (non-hydrogen) atoms. The van der Waals surface area contributed by atoms with Crippen molar-refractivity contribution < 1.29 is 4.42 Å². The van der Waals surface area contributed by atoms with E-state index in [1.54, 1.807) is 0 Å². The van der Waals surface area contributed by atoms with Crippen molar-refractivity contribution in [1.29, 1.82) is 0 Å². The summed E-state index contributed by atoms with van der Waals surface area (Å²) in [6.45, 7) is 0. The molecule has 3 aromatic heterocycles. The topological polar surface area (TPSA) is 23.0 Å². The summed E-state index contributed by atoms with van der Waals surface area (Å²) in [7, 11) is 0. The lowest BCUT2D eigenvalue weighted by Gasteiger charge is -2.11. The molecule has 0 spiro atoms. The third kappa shape index (κ3) is 4.92. The van der Waals surface area contributed by atoms with Gasteiger partial charge in [-0.2, -0.15) is 0 Å². The van der Waals surface area contributed by atoms with E-state index in [1.807, 2.05) is 12.1 Å². The molecule has 3 heterocycles. The monoisotopic (exact) mass is 726 g/mol. The fraction of sp³-hybridized carbons (Fsp3) is 0. The van der Waals surface area contributed by atoms with E-state index < -0.39 is 0 Å². The SMILES string of the molecule is c1ccc(-n2c3ccccc3c3ccc(-c4cccc5c4c4ccccc4n5-c4ccc(-c5ccc(-c6ccc7c(c6)oc6ccccc67)cc5)cc4)cc32)cc1. The smallest absolute Gasteiger partial charge is 0.136 e. The van der Waals surface area contributed by atoms with E-state index in [-0.39, 0.29) is 0 Å². The zero-order chi connectivity index (χ0) is 37.5. The zero-order valence-corrected chi connectivity index (χ0v) is 30.9. The van der Waals surface area contributed by atoms with Crippen LogP contribution in [0.4, 0.5) is 0 Å². The average molecular weight is 727 g/mol. The van der Waals surface area contributed by atoms with Gasteiger partial charge in [0.1, 0.15) is 11.2 Å². The van der Waals surface area contributed by atoms with Crippen LogP contribution in [0.25, 0.3) is 110 Å². The Bertz CT molecular complexity index is 3490. The Morgan fingerprint density at radius 3 is 1.58 bits per heavy atom. The molecule has 0 amide bonds. The Labute approximate surface area is 328 Å². The van der Waals surface area contributed by atoms with Crippen LogP contribution in [0.1, 0.15) is 0 Å². The number of benzene rings is 9. The summed E-state index contributed by atoms with van der Waals surface area (Å²) in [4.78, 5) is 0. The number of hydrogen-bond acceptors (Lipinski definition) is 1. The lowest BCUT2D eigenvalue weighted by atomic mass is 9.98. The Morgan fingerprint density at radius 2 is 0.789 bits per heavy atom. The minimum absolute atomic E-state index is 0.915. The van der Waals surface area contributed by atoms with Crippen molar-refractivity contribution in [3.05, 3.63) is 206 Å². The highest BCUT2D eigenvalue weighted by molar-refractivity contribution is 6.17. The first-order valence-electron chi connectivity index (χ1n) is 19.5. The van der Waals surface area contributed by atoms with E-state index in [9.17, 15) is 0 Å². The number of aromatic nitrogens is 2. The van der Waals surface area contributed by atoms with Crippen LogP contribution < -0.4 is 0 Å². The molecule has 0 aliphatic heterocycles. The molecule has 0 unspecified atom stereocenters. The van der Waals surface area contributed by atoms with Crippen molar-refractivity contribution >= 4 is 65.6 Å². The summed E-state index contributed by atoms with van der Waals surface area (Å²) in [5.41, 5.74) is 16.0. The summed E-state index contributed by atoms with van der Waals surface area (Å²) in [5.74, 6) is 0. The van der Waals surface area contributed by atoms with Gasteiger partial charge in [0.15, 0.2) is 0 Å². The van der Waals surface area contributed by atoms with Crippen LogP contribution in [0, 0.1) is 0 Å². The molecular formula is C54H34N2O. The summed E-state index contributed by atoms with van der Waals surface area (Å²) in [5, 5.41) is 7.32. The molecule has 0 fully saturated rings. The summed E-state index contributed by atoms with van der Waals surface area (Å²) in [6.07, 6.45) is 0. The maximum Gasteiger partial charge on any atom is 0.136 e. The summed E-state index contributed by atoms with van der Waals surface area (Å²) >= 11 is 0. The van der Waals surface area contributed by atoms with Crippen LogP contribution in [0.2, 0.25) is 0 Å². The van der Waals surface area contributed by atoms with E-state index in [1.165, 1.54) is 71.4 Å². The third-order valence-electron chi connectivity index (χ3n) is 11.8. The van der Waals surface area contributed by atoms with Gasteiger partial charge >= 0.3 is 0 Å². The van der Waals surface area contributed by atoms with Gasteiger partial charge in [-0.15, -0.1) is 0 Å². The van der Waals surface area contributed by atoms with E-state index in [0.717, 1.165) is 38.9 Å². The zero-order valence-electron chi connectivity index (χ0n) is 30.9. The quantitative estimate of drug-likeness (QED) is 0.173. The van der Waals surface area contributed by atoms with E-state index in [4.69, 9.17) is 4.42 Å². The van der Waals surface area contributed by atoms with Gasteiger partial charge in [-0.3, -0.25) is 0 Å². The molecule has 266 valence electrons. The third-order valence-corrected chi connectivity index (χ3v) is 11.8. The maximum absolute atomic E-state index is 6.17. The van der Waals surface area contributed by atoms with Crippen LogP contribution >= 0.6 is 0 Å². The largest absolute Gasteiger partial charge is 0.456 e. The van der Waals surface area contributed by atoms with Crippen molar-refractivity contribution in [3.63, 3.8) is 0 Å². The first-order valence-corrected chi connectivity index (χ1v) is 19.5. The number of rotatable bonds is 5. The normalized spacial score (nSPS) is 11.9. The average Bonchev–Trinajstić information content (AvgIpc) is 3.94. The van der Waals surface area contributed by atoms with Crippen LogP contribution in [0.3, 0.4) is 0 Å². The molecule has 0 atom stereocenters. The van der Waals surface area contributed by atoms with Gasteiger partial charge in [-0.25, -0.2) is 0 Å². The van der Waals surface area contributed by atoms with Gasteiger partial charge < -0.3 is 13.6 Å². The molecule has 9 aromatic carbocycles. The van der Waals surface area contributed by atoms with Crippen LogP contribution in [0.15, 0.2) is 211 Å². The van der Waals surface area contributed by atoms with Crippen molar-refractivity contribution in [1.82, 2.24) is 9.13 Å². The minimum Gasteiger partial charge on any atom is -0.456 e. The number of fused-ring (bicyclic) bond motifs is 9. The predicted octanol–water partition coefficient (Wildman–Crippen LogP) is 14.8. The number of hydrogen-bond donors (Lipinski definition) is 0. The van der Waals surface area contributed by atoms with Crippen LogP contribution in [-0.2, 0) is 0 Å². The maximum atomic E-state index is 6.17. The molecule has 0 saturated heterocycles. The predicted molar refractivity (Wildman–Crippen MR) is 239 cm³/mol. The summed E-state index contributed by atoms with van der Waals surface area (Å²) in [6, 6.07) is 74.5. The minimum atomic E-state index is 0.915. The first kappa shape index (κ1) is 31.7. The van der Waals surface area contributed by atoms with Crippen molar-refractivity contribution in [2.75, 3.05) is 0 Å². The van der Waals surface area contributed by atoms with Gasteiger partial charge in [0.25, 0.3) is 0 Å². The van der Waals surface area contributed by atoms with Gasteiger partial charge in [0.2, 0.25) is 0 Å². The van der Waals surface area contributed by atoms with Crippen molar-refractivity contribution in [2.45, 2.75) is 0 Å². The molecule has 0 N–H and O–H groups in total. The molecule has 0 aliphatic rings. The highest BCUT2D eigenvalue weighted by Gasteiger charge is 2.18. The van der Waals surface area contributed by atoms with Gasteiger partial charge in [0.05, 0.1) is 22.1 Å². The molecule has 0 aliphatic carbocycles. The fourth-order valence-corrected chi connectivity index (χ4v) is 9.09. The molecule has 0 bridgehead atoms. The Balaban J connectivity index is 0.931. The number of nitrogens with zero attached hydrogens (tertiary/aromatic N) is 2. The highest BCUT2D eigenvalue weighted by Crippen LogP contribution is 2.41. The number of para-hydroxylation sites is 4. The second kappa shape index (κ2) is 12.5. The van der Waals surface area contributed by atoms with Crippen molar-refractivity contribution in [2.24, 2.45) is 0 Å². The van der Waals surface area contributed by atoms with E-state index >= 15 is 0 Å². The summed E-state index contributed by atoms with van der Waals surface area (Å²) < 4.78 is 11.0. The Hall–Kier alpha value is -7.62. The van der Waals surface area contributed by atoms with Crippen molar-refractivity contribution in [3.8, 4) is 44.8 Å². The Kier molecular flexibility index (Phi) is 6.93. The number of furan rings is 1. The molecule has 0 saturated carbocycles. The molecule has 0 radical (unpaired) electrons. The van der Waals surface area contributed by atoms with Crippen LogP contribution in [0.5, 0.6) is 0 Å². The fourth-order valence-electron chi connectivity index (χ4n) is 9.09. The molecule has 3 nitrogen and oxygen atoms in total. The Morgan fingerprint density at radius 1 is 0.281 bits per heavy atom. The van der Waals surface area contributed by atoms with Gasteiger partial charge in [-0.1, -0.05) is 140 Å². The van der Waals surface area contributed by atoms with Gasteiger partial charge in [-0.05, 0) is 100 Å². The lowest BCUT2D eigenvalue weighted by molar-refractivity contribution is 0.669. The van der Waals surface area contributed by atoms with Gasteiger partial charge in [0, 0.05) is 43.7 Å². The standard InChI is InChI=1S/C54H34N2O/c1-2-11-40(12-3-1)56-48-17-7-4-13-43(48)44-31-28-39(33-51(44)56)42-16-10-19-50-54(42)47-15-5-8-18-49(47)55(50)41-29-25-36(26-30-41)35-21-23-37(24-22-35)38-27-32-46-45-14-6-9-20-52(45)57-53(46)34-38/h1-34H. The first-order chi connectivity index (χ1) is 28.3. The van der Waals surface area contributed by atoms with E-state index in [2.05, 4.69) is 203 Å². The molecule has 3 heteroatoms.